The summed E-state index contributed by atoms with van der Waals surface area (Å²) in [6.45, 7) is 4.77. The van der Waals surface area contributed by atoms with Gasteiger partial charge in [-0.15, -0.1) is 0 Å². The number of para-hydroxylation sites is 2. The van der Waals surface area contributed by atoms with Gasteiger partial charge in [0.1, 0.15) is 0 Å². The lowest BCUT2D eigenvalue weighted by Gasteiger charge is -2.20. The number of hydrogen-bond donors (Lipinski definition) is 0. The van der Waals surface area contributed by atoms with Gasteiger partial charge in [0.15, 0.2) is 6.23 Å². The lowest BCUT2D eigenvalue weighted by molar-refractivity contribution is -0.142. The van der Waals surface area contributed by atoms with Gasteiger partial charge in [-0.25, -0.2) is 4.98 Å². The van der Waals surface area contributed by atoms with Crippen LogP contribution in [0.25, 0.3) is 11.0 Å². The Labute approximate surface area is 147 Å². The summed E-state index contributed by atoms with van der Waals surface area (Å²) in [5.41, 5.74) is 3.90. The minimum Gasteiger partial charge on any atom is -0.466 e. The van der Waals surface area contributed by atoms with Gasteiger partial charge in [0, 0.05) is 12.2 Å². The smallest absolute Gasteiger partial charge is 0.310 e. The summed E-state index contributed by atoms with van der Waals surface area (Å²) < 4.78 is 13.0. The topological polar surface area (TPSA) is 53.4 Å². The summed E-state index contributed by atoms with van der Waals surface area (Å²) >= 11 is 0. The molecule has 130 valence electrons. The first-order chi connectivity index (χ1) is 12.2. The lowest BCUT2D eigenvalue weighted by Crippen LogP contribution is -2.14. The number of esters is 1. The van der Waals surface area contributed by atoms with Crippen LogP contribution in [0.5, 0.6) is 0 Å². The number of aromatic nitrogens is 2. The summed E-state index contributed by atoms with van der Waals surface area (Å²) in [4.78, 5) is 16.1. The monoisotopic (exact) mass is 338 g/mol. The van der Waals surface area contributed by atoms with E-state index in [0.717, 1.165) is 22.2 Å². The van der Waals surface area contributed by atoms with Crippen LogP contribution in [0.1, 0.15) is 31.2 Å². The highest BCUT2D eigenvalue weighted by atomic mass is 16.5. The maximum atomic E-state index is 11.6. The molecular formula is C20H22N2O3. The van der Waals surface area contributed by atoms with Crippen molar-refractivity contribution in [1.82, 2.24) is 9.55 Å². The third-order valence-corrected chi connectivity index (χ3v) is 3.98. The predicted molar refractivity (Wildman–Crippen MR) is 96.3 cm³/mol. The summed E-state index contributed by atoms with van der Waals surface area (Å²) in [6.07, 6.45) is 1.83. The molecule has 0 N–H and O–H groups in total. The first-order valence-corrected chi connectivity index (χ1v) is 8.50. The van der Waals surface area contributed by atoms with Crippen molar-refractivity contribution >= 4 is 17.0 Å². The Balaban J connectivity index is 1.87. The molecule has 5 nitrogen and oxygen atoms in total. The van der Waals surface area contributed by atoms with Gasteiger partial charge in [0.2, 0.25) is 0 Å². The van der Waals surface area contributed by atoms with Gasteiger partial charge in [0.05, 0.1) is 30.4 Å². The zero-order chi connectivity index (χ0) is 17.6. The normalized spacial score (nSPS) is 12.2. The Morgan fingerprint density at radius 3 is 2.56 bits per heavy atom. The molecule has 3 aromatic rings. The summed E-state index contributed by atoms with van der Waals surface area (Å²) in [6, 6.07) is 15.8. The molecule has 1 unspecified atom stereocenters. The van der Waals surface area contributed by atoms with E-state index in [1.165, 1.54) is 0 Å². The van der Waals surface area contributed by atoms with Gasteiger partial charge in [-0.2, -0.15) is 0 Å². The first-order valence-electron chi connectivity index (χ1n) is 8.50. The third kappa shape index (κ3) is 3.88. The Kier molecular flexibility index (Phi) is 5.46. The fourth-order valence-corrected chi connectivity index (χ4v) is 2.84. The molecule has 0 saturated carbocycles. The van der Waals surface area contributed by atoms with Gasteiger partial charge in [-0.05, 0) is 31.5 Å². The molecule has 25 heavy (non-hydrogen) atoms. The van der Waals surface area contributed by atoms with Gasteiger partial charge in [-0.1, -0.05) is 36.4 Å². The van der Waals surface area contributed by atoms with E-state index < -0.39 is 0 Å². The van der Waals surface area contributed by atoms with E-state index in [1.807, 2.05) is 66.9 Å². The van der Waals surface area contributed by atoms with Gasteiger partial charge < -0.3 is 9.47 Å². The van der Waals surface area contributed by atoms with Crippen molar-refractivity contribution in [2.45, 2.75) is 26.5 Å². The Bertz CT molecular complexity index is 840. The maximum absolute atomic E-state index is 11.6. The van der Waals surface area contributed by atoms with Gasteiger partial charge >= 0.3 is 5.97 Å². The summed E-state index contributed by atoms with van der Waals surface area (Å²) in [7, 11) is 0. The van der Waals surface area contributed by atoms with Crippen molar-refractivity contribution < 1.29 is 14.3 Å². The van der Waals surface area contributed by atoms with Crippen molar-refractivity contribution in [3.8, 4) is 0 Å². The fourth-order valence-electron chi connectivity index (χ4n) is 2.84. The predicted octanol–water partition coefficient (Wildman–Crippen LogP) is 3.73. The first kappa shape index (κ1) is 17.2. The van der Waals surface area contributed by atoms with Crippen molar-refractivity contribution in [2.75, 3.05) is 13.2 Å². The fraction of sp³-hybridized carbons (Fsp3) is 0.300. The van der Waals surface area contributed by atoms with E-state index >= 15 is 0 Å². The molecule has 5 heteroatoms. The molecular weight excluding hydrogens is 316 g/mol. The average molecular weight is 338 g/mol. The Morgan fingerprint density at radius 2 is 1.84 bits per heavy atom. The molecule has 1 aromatic heterocycles. The molecule has 0 saturated heterocycles. The van der Waals surface area contributed by atoms with E-state index in [1.54, 1.807) is 6.33 Å². The van der Waals surface area contributed by atoms with E-state index in [4.69, 9.17) is 9.47 Å². The van der Waals surface area contributed by atoms with Crippen LogP contribution in [0.15, 0.2) is 54.9 Å². The van der Waals surface area contributed by atoms with Gasteiger partial charge in [-0.3, -0.25) is 9.36 Å². The highest BCUT2D eigenvalue weighted by molar-refractivity contribution is 5.75. The van der Waals surface area contributed by atoms with Crippen molar-refractivity contribution in [3.63, 3.8) is 0 Å². The van der Waals surface area contributed by atoms with Crippen molar-refractivity contribution in [2.24, 2.45) is 0 Å². The molecule has 0 aliphatic carbocycles. The maximum Gasteiger partial charge on any atom is 0.310 e. The Hall–Kier alpha value is -2.66. The molecule has 1 atom stereocenters. The highest BCUT2D eigenvalue weighted by Crippen LogP contribution is 2.25. The van der Waals surface area contributed by atoms with Crippen molar-refractivity contribution in [3.05, 3.63) is 66.0 Å². The number of imidazole rings is 1. The molecule has 0 fully saturated rings. The number of carbonyl (C=O) groups excluding carboxylic acids is 1. The minimum atomic E-state index is -0.256. The SMILES string of the molecule is CCOC(=O)Cc1ccc(C(OCC)n2cnc3ccccc32)cc1. The van der Waals surface area contributed by atoms with Crippen LogP contribution in [0.3, 0.4) is 0 Å². The van der Waals surface area contributed by atoms with Crippen LogP contribution in [0, 0.1) is 0 Å². The zero-order valence-corrected chi connectivity index (χ0v) is 14.5. The number of ether oxygens (including phenoxy) is 2. The second-order valence-corrected chi connectivity index (χ2v) is 5.67. The van der Waals surface area contributed by atoms with E-state index in [-0.39, 0.29) is 18.6 Å². The second-order valence-electron chi connectivity index (χ2n) is 5.67. The van der Waals surface area contributed by atoms with E-state index in [2.05, 4.69) is 4.98 Å². The summed E-state index contributed by atoms with van der Waals surface area (Å²) in [5, 5.41) is 0. The average Bonchev–Trinajstić information content (AvgIpc) is 3.05. The minimum absolute atomic E-state index is 0.211. The number of nitrogens with zero attached hydrogens (tertiary/aromatic N) is 2. The highest BCUT2D eigenvalue weighted by Gasteiger charge is 2.16. The standard InChI is InChI=1S/C20H22N2O3/c1-3-24-19(23)13-15-9-11-16(12-10-15)20(25-4-2)22-14-21-17-7-5-6-8-18(17)22/h5-12,14,20H,3-4,13H2,1-2H3. The number of rotatable bonds is 7. The lowest BCUT2D eigenvalue weighted by atomic mass is 10.1. The Morgan fingerprint density at radius 1 is 1.08 bits per heavy atom. The summed E-state index contributed by atoms with van der Waals surface area (Å²) in [5.74, 6) is -0.211. The number of fused-ring (bicyclic) bond motifs is 1. The van der Waals surface area contributed by atoms with Crippen LogP contribution in [-0.2, 0) is 20.7 Å². The van der Waals surface area contributed by atoms with Crippen LogP contribution in [0.2, 0.25) is 0 Å². The molecule has 0 aliphatic rings. The van der Waals surface area contributed by atoms with Crippen LogP contribution in [0.4, 0.5) is 0 Å². The van der Waals surface area contributed by atoms with Crippen molar-refractivity contribution in [1.29, 1.82) is 0 Å². The van der Waals surface area contributed by atoms with Gasteiger partial charge in [0.25, 0.3) is 0 Å². The third-order valence-electron chi connectivity index (χ3n) is 3.98. The molecule has 2 aromatic carbocycles. The largest absolute Gasteiger partial charge is 0.466 e. The van der Waals surface area contributed by atoms with Crippen LogP contribution in [-0.4, -0.2) is 28.7 Å². The molecule has 0 aliphatic heterocycles. The second kappa shape index (κ2) is 7.94. The zero-order valence-electron chi connectivity index (χ0n) is 14.5. The van der Waals surface area contributed by atoms with E-state index in [0.29, 0.717) is 13.2 Å². The molecule has 0 amide bonds. The molecule has 0 radical (unpaired) electrons. The molecule has 0 bridgehead atoms. The molecule has 0 spiro atoms. The number of carbonyl (C=O) groups is 1. The van der Waals surface area contributed by atoms with Crippen LogP contribution >= 0.6 is 0 Å². The molecule has 3 rings (SSSR count). The molecule has 1 heterocycles. The number of benzene rings is 2. The number of hydrogen-bond acceptors (Lipinski definition) is 4. The van der Waals surface area contributed by atoms with E-state index in [9.17, 15) is 4.79 Å². The quantitative estimate of drug-likeness (QED) is 0.616. The van der Waals surface area contributed by atoms with Crippen LogP contribution < -0.4 is 0 Å².